The Kier molecular flexibility index (Phi) is 6.74. The van der Waals surface area contributed by atoms with Crippen LogP contribution < -0.4 is 5.32 Å². The molecular formula is C19H19ClN2O4. The third-order valence-electron chi connectivity index (χ3n) is 3.85. The Labute approximate surface area is 156 Å². The van der Waals surface area contributed by atoms with Crippen LogP contribution in [0.2, 0.25) is 5.02 Å². The Morgan fingerprint density at radius 1 is 1.23 bits per heavy atom. The fraction of sp³-hybridized carbons (Fsp3) is 0.211. The van der Waals surface area contributed by atoms with Crippen LogP contribution >= 0.6 is 11.6 Å². The number of anilines is 1. The molecule has 1 N–H and O–H groups in total. The number of nitrogens with one attached hydrogen (secondary N) is 1. The molecule has 136 valence electrons. The number of methoxy groups -OCH3 is 1. The van der Waals surface area contributed by atoms with Crippen molar-refractivity contribution in [2.75, 3.05) is 19.0 Å². The zero-order valence-corrected chi connectivity index (χ0v) is 15.2. The summed E-state index contributed by atoms with van der Waals surface area (Å²) in [4.78, 5) is 23.0. The molecule has 0 bridgehead atoms. The van der Waals surface area contributed by atoms with Gasteiger partial charge in [0.05, 0.1) is 18.6 Å². The van der Waals surface area contributed by atoms with Gasteiger partial charge in [-0.15, -0.1) is 0 Å². The van der Waals surface area contributed by atoms with Crippen molar-refractivity contribution in [3.63, 3.8) is 0 Å². The quantitative estimate of drug-likeness (QED) is 0.340. The maximum atomic E-state index is 12.3. The van der Waals surface area contributed by atoms with Gasteiger partial charge in [-0.05, 0) is 36.8 Å². The van der Waals surface area contributed by atoms with E-state index in [4.69, 9.17) is 16.3 Å². The summed E-state index contributed by atoms with van der Waals surface area (Å²) in [6.45, 7) is 1.52. The maximum Gasteiger partial charge on any atom is 0.336 e. The molecule has 0 spiro atoms. The van der Waals surface area contributed by atoms with Gasteiger partial charge in [0.1, 0.15) is 0 Å². The topological polar surface area (TPSA) is 81.5 Å². The van der Waals surface area contributed by atoms with Crippen molar-refractivity contribution in [3.05, 3.63) is 86.6 Å². The second kappa shape index (κ2) is 9.01. The van der Waals surface area contributed by atoms with E-state index >= 15 is 0 Å². The summed E-state index contributed by atoms with van der Waals surface area (Å²) < 4.78 is 4.83. The molecular weight excluding hydrogens is 356 g/mol. The summed E-state index contributed by atoms with van der Waals surface area (Å²) in [5, 5.41) is 14.7. The molecule has 0 aliphatic heterocycles. The third-order valence-corrected chi connectivity index (χ3v) is 4.10. The largest absolute Gasteiger partial charge is 0.466 e. The minimum absolute atomic E-state index is 0.159. The van der Waals surface area contributed by atoms with Crippen LogP contribution in [0.25, 0.3) is 0 Å². The monoisotopic (exact) mass is 374 g/mol. The van der Waals surface area contributed by atoms with Gasteiger partial charge in [0.25, 0.3) is 0 Å². The van der Waals surface area contributed by atoms with Gasteiger partial charge in [-0.1, -0.05) is 41.4 Å². The second-order valence-electron chi connectivity index (χ2n) is 5.72. The fourth-order valence-corrected chi connectivity index (χ4v) is 2.58. The Balaban J connectivity index is 2.39. The van der Waals surface area contributed by atoms with Gasteiger partial charge in [0.15, 0.2) is 0 Å². The predicted molar refractivity (Wildman–Crippen MR) is 101 cm³/mol. The highest BCUT2D eigenvalue weighted by Gasteiger charge is 2.28. The highest BCUT2D eigenvalue weighted by atomic mass is 35.5. The van der Waals surface area contributed by atoms with Crippen molar-refractivity contribution in [2.24, 2.45) is 0 Å². The molecule has 0 radical (unpaired) electrons. The van der Waals surface area contributed by atoms with Crippen LogP contribution in [-0.4, -0.2) is 24.5 Å². The molecule has 0 saturated carbocycles. The number of hydrogen-bond acceptors (Lipinski definition) is 5. The molecule has 1 atom stereocenters. The summed E-state index contributed by atoms with van der Waals surface area (Å²) in [5.41, 5.74) is 2.62. The van der Waals surface area contributed by atoms with E-state index in [-0.39, 0.29) is 5.57 Å². The van der Waals surface area contributed by atoms with Crippen LogP contribution in [-0.2, 0) is 9.53 Å². The molecule has 0 aliphatic rings. The Hall–Kier alpha value is -2.86. The van der Waals surface area contributed by atoms with Crippen molar-refractivity contribution >= 4 is 23.3 Å². The Bertz CT molecular complexity index is 801. The number of carbonyl (C=O) groups excluding carboxylic acids is 1. The van der Waals surface area contributed by atoms with Crippen LogP contribution in [0.5, 0.6) is 0 Å². The maximum absolute atomic E-state index is 12.3. The number of hydrogen-bond donors (Lipinski definition) is 1. The molecule has 7 heteroatoms. The molecule has 0 fully saturated rings. The number of ether oxygens (including phenoxy) is 1. The van der Waals surface area contributed by atoms with Crippen LogP contribution in [0.1, 0.15) is 17.0 Å². The molecule has 0 aromatic heterocycles. The van der Waals surface area contributed by atoms with E-state index in [1.54, 1.807) is 24.3 Å². The van der Waals surface area contributed by atoms with Gasteiger partial charge in [-0.3, -0.25) is 10.1 Å². The van der Waals surface area contributed by atoms with Crippen LogP contribution in [0.4, 0.5) is 5.69 Å². The lowest BCUT2D eigenvalue weighted by Crippen LogP contribution is -2.21. The first-order valence-electron chi connectivity index (χ1n) is 7.89. The molecule has 0 heterocycles. The molecule has 0 aliphatic carbocycles. The molecule has 6 nitrogen and oxygen atoms in total. The van der Waals surface area contributed by atoms with Gasteiger partial charge in [-0.2, -0.15) is 0 Å². The molecule has 2 aromatic rings. The highest BCUT2D eigenvalue weighted by molar-refractivity contribution is 6.30. The van der Waals surface area contributed by atoms with Crippen LogP contribution in [0.15, 0.2) is 60.3 Å². The van der Waals surface area contributed by atoms with Gasteiger partial charge in [-0.25, -0.2) is 4.79 Å². The Morgan fingerprint density at radius 2 is 1.85 bits per heavy atom. The average molecular weight is 375 g/mol. The second-order valence-corrected chi connectivity index (χ2v) is 6.16. The summed E-state index contributed by atoms with van der Waals surface area (Å²) in [6, 6.07) is 14.1. The van der Waals surface area contributed by atoms with Crippen LogP contribution in [0, 0.1) is 17.0 Å². The zero-order chi connectivity index (χ0) is 19.1. The van der Waals surface area contributed by atoms with Gasteiger partial charge in [0.2, 0.25) is 6.54 Å². The van der Waals surface area contributed by atoms with E-state index in [0.717, 1.165) is 11.3 Å². The molecule has 0 saturated heterocycles. The molecule has 0 amide bonds. The summed E-state index contributed by atoms with van der Waals surface area (Å²) in [7, 11) is 1.24. The first kappa shape index (κ1) is 19.5. The molecule has 1 unspecified atom stereocenters. The first-order chi connectivity index (χ1) is 12.4. The van der Waals surface area contributed by atoms with E-state index in [1.807, 2.05) is 31.2 Å². The van der Waals surface area contributed by atoms with Gasteiger partial charge < -0.3 is 10.1 Å². The van der Waals surface area contributed by atoms with E-state index in [0.29, 0.717) is 10.6 Å². The Morgan fingerprint density at radius 3 is 2.38 bits per heavy atom. The lowest BCUT2D eigenvalue weighted by molar-refractivity contribution is -0.481. The minimum atomic E-state index is -0.771. The van der Waals surface area contributed by atoms with E-state index in [9.17, 15) is 14.9 Å². The number of halogens is 1. The van der Waals surface area contributed by atoms with Crippen molar-refractivity contribution in [3.8, 4) is 0 Å². The van der Waals surface area contributed by atoms with E-state index < -0.39 is 23.4 Å². The van der Waals surface area contributed by atoms with Gasteiger partial charge in [0, 0.05) is 21.8 Å². The normalized spacial score (nSPS) is 12.3. The number of benzene rings is 2. The molecule has 26 heavy (non-hydrogen) atoms. The average Bonchev–Trinajstić information content (AvgIpc) is 2.62. The number of nitrogens with zero attached hydrogens (tertiary/aromatic N) is 1. The first-order valence-corrected chi connectivity index (χ1v) is 8.27. The number of nitro groups is 1. The predicted octanol–water partition coefficient (Wildman–Crippen LogP) is 4.18. The third kappa shape index (κ3) is 5.32. The van der Waals surface area contributed by atoms with Crippen LogP contribution in [0.3, 0.4) is 0 Å². The molecule has 2 rings (SSSR count). The highest BCUT2D eigenvalue weighted by Crippen LogP contribution is 2.27. The minimum Gasteiger partial charge on any atom is -0.466 e. The number of carbonyl (C=O) groups is 1. The smallest absolute Gasteiger partial charge is 0.336 e. The summed E-state index contributed by atoms with van der Waals surface area (Å²) >= 11 is 5.89. The lowest BCUT2D eigenvalue weighted by atomic mass is 9.91. The number of aryl methyl sites for hydroxylation is 1. The van der Waals surface area contributed by atoms with Crippen molar-refractivity contribution in [1.82, 2.24) is 0 Å². The molecule has 2 aromatic carbocycles. The lowest BCUT2D eigenvalue weighted by Gasteiger charge is -2.16. The van der Waals surface area contributed by atoms with Crippen molar-refractivity contribution in [2.45, 2.75) is 12.8 Å². The van der Waals surface area contributed by atoms with Crippen molar-refractivity contribution < 1.29 is 14.5 Å². The standard InChI is InChI=1S/C19H19ClN2O4/c1-13-3-9-16(10-4-13)21-11-17(19(23)26-2)18(12-22(24)25)14-5-7-15(20)8-6-14/h3-11,18,21H,12H2,1-2H3/b17-11-. The van der Waals surface area contributed by atoms with Crippen molar-refractivity contribution in [1.29, 1.82) is 0 Å². The SMILES string of the molecule is COC(=O)/C(=C\Nc1ccc(C)cc1)C(C[N+](=O)[O-])c1ccc(Cl)cc1. The van der Waals surface area contributed by atoms with Gasteiger partial charge >= 0.3 is 5.97 Å². The number of rotatable bonds is 7. The summed E-state index contributed by atoms with van der Waals surface area (Å²) in [6.07, 6.45) is 1.46. The zero-order valence-electron chi connectivity index (χ0n) is 14.4. The summed E-state index contributed by atoms with van der Waals surface area (Å²) in [5.74, 6) is -1.40. The fourth-order valence-electron chi connectivity index (χ4n) is 2.46. The van der Waals surface area contributed by atoms with E-state index in [1.165, 1.54) is 13.3 Å². The number of esters is 1. The van der Waals surface area contributed by atoms with E-state index in [2.05, 4.69) is 5.32 Å².